The van der Waals surface area contributed by atoms with Gasteiger partial charge >= 0.3 is 0 Å². The quantitative estimate of drug-likeness (QED) is 0.906. The van der Waals surface area contributed by atoms with E-state index in [0.29, 0.717) is 5.02 Å². The third kappa shape index (κ3) is 3.14. The zero-order chi connectivity index (χ0) is 14.6. The molecule has 0 bridgehead atoms. The molecule has 106 valence electrons. The molecule has 0 radical (unpaired) electrons. The maximum atomic E-state index is 9.84. The minimum absolute atomic E-state index is 0.0444. The first kappa shape index (κ1) is 14.9. The van der Waals surface area contributed by atoms with Crippen molar-refractivity contribution in [3.05, 3.63) is 64.7 Å². The first-order valence-corrected chi connectivity index (χ1v) is 6.95. The van der Waals surface area contributed by atoms with E-state index in [0.717, 1.165) is 23.3 Å². The van der Waals surface area contributed by atoms with Gasteiger partial charge in [-0.2, -0.15) is 0 Å². The van der Waals surface area contributed by atoms with Crippen LogP contribution in [0.15, 0.2) is 48.5 Å². The van der Waals surface area contributed by atoms with Crippen molar-refractivity contribution in [1.29, 1.82) is 0 Å². The molecule has 0 aliphatic rings. The van der Waals surface area contributed by atoms with Gasteiger partial charge in [0.2, 0.25) is 0 Å². The van der Waals surface area contributed by atoms with Crippen LogP contribution >= 0.6 is 11.6 Å². The van der Waals surface area contributed by atoms with Gasteiger partial charge in [0.05, 0.1) is 13.7 Å². The van der Waals surface area contributed by atoms with Crippen LogP contribution in [0.5, 0.6) is 5.75 Å². The summed E-state index contributed by atoms with van der Waals surface area (Å²) < 4.78 is 5.16. The molecule has 2 rings (SSSR count). The number of benzene rings is 2. The van der Waals surface area contributed by atoms with Crippen LogP contribution in [0.2, 0.25) is 5.02 Å². The molecule has 2 aromatic carbocycles. The van der Waals surface area contributed by atoms with Gasteiger partial charge in [0.25, 0.3) is 0 Å². The fraction of sp³-hybridized carbons (Fsp3) is 0.294. The summed E-state index contributed by atoms with van der Waals surface area (Å²) in [4.78, 5) is 0. The molecule has 0 saturated heterocycles. The first-order valence-electron chi connectivity index (χ1n) is 6.58. The zero-order valence-electron chi connectivity index (χ0n) is 11.8. The van der Waals surface area contributed by atoms with Crippen molar-refractivity contribution >= 4 is 11.6 Å². The lowest BCUT2D eigenvalue weighted by atomic mass is 9.78. The lowest BCUT2D eigenvalue weighted by Crippen LogP contribution is -2.29. The Balaban J connectivity index is 2.29. The van der Waals surface area contributed by atoms with Crippen molar-refractivity contribution in [3.8, 4) is 5.75 Å². The number of rotatable bonds is 5. The SMILES string of the molecule is COc1ccc(CC(C)(CO)c2ccccc2Cl)cc1. The van der Waals surface area contributed by atoms with E-state index < -0.39 is 5.41 Å². The number of aliphatic hydroxyl groups excluding tert-OH is 1. The Bertz CT molecular complexity index is 565. The first-order chi connectivity index (χ1) is 9.59. The summed E-state index contributed by atoms with van der Waals surface area (Å²) in [5, 5.41) is 10.5. The maximum Gasteiger partial charge on any atom is 0.118 e. The Hall–Kier alpha value is -1.51. The maximum absolute atomic E-state index is 9.84. The van der Waals surface area contributed by atoms with Crippen LogP contribution in [0, 0.1) is 0 Å². The third-order valence-electron chi connectivity index (χ3n) is 3.63. The number of ether oxygens (including phenoxy) is 1. The number of hydrogen-bond acceptors (Lipinski definition) is 2. The van der Waals surface area contributed by atoms with Crippen molar-refractivity contribution in [2.45, 2.75) is 18.8 Å². The van der Waals surface area contributed by atoms with E-state index >= 15 is 0 Å². The molecule has 0 spiro atoms. The van der Waals surface area contributed by atoms with E-state index in [1.807, 2.05) is 55.5 Å². The van der Waals surface area contributed by atoms with Crippen molar-refractivity contribution in [2.75, 3.05) is 13.7 Å². The summed E-state index contributed by atoms with van der Waals surface area (Å²) in [6.07, 6.45) is 0.719. The number of methoxy groups -OCH3 is 1. The molecule has 0 saturated carbocycles. The normalized spacial score (nSPS) is 13.8. The number of aliphatic hydroxyl groups is 1. The molecule has 1 atom stereocenters. The fourth-order valence-electron chi connectivity index (χ4n) is 2.38. The van der Waals surface area contributed by atoms with Crippen LogP contribution in [-0.2, 0) is 11.8 Å². The zero-order valence-corrected chi connectivity index (χ0v) is 12.5. The Morgan fingerprint density at radius 2 is 1.75 bits per heavy atom. The van der Waals surface area contributed by atoms with Crippen molar-refractivity contribution in [1.82, 2.24) is 0 Å². The molecule has 0 aromatic heterocycles. The molecule has 0 amide bonds. The van der Waals surface area contributed by atoms with E-state index in [9.17, 15) is 5.11 Å². The predicted octanol–water partition coefficient (Wildman–Crippen LogP) is 3.84. The molecule has 1 unspecified atom stereocenters. The minimum atomic E-state index is -0.396. The topological polar surface area (TPSA) is 29.5 Å². The van der Waals surface area contributed by atoms with Gasteiger partial charge in [-0.15, -0.1) is 0 Å². The molecule has 2 nitrogen and oxygen atoms in total. The molecule has 0 aliphatic carbocycles. The van der Waals surface area contributed by atoms with Crippen LogP contribution in [0.25, 0.3) is 0 Å². The highest BCUT2D eigenvalue weighted by Crippen LogP contribution is 2.33. The highest BCUT2D eigenvalue weighted by molar-refractivity contribution is 6.31. The van der Waals surface area contributed by atoms with Crippen LogP contribution in [0.1, 0.15) is 18.1 Å². The molecular formula is C17H19ClO2. The fourth-order valence-corrected chi connectivity index (χ4v) is 2.74. The van der Waals surface area contributed by atoms with Crippen LogP contribution < -0.4 is 4.74 Å². The van der Waals surface area contributed by atoms with E-state index in [-0.39, 0.29) is 6.61 Å². The third-order valence-corrected chi connectivity index (χ3v) is 3.96. The summed E-state index contributed by atoms with van der Waals surface area (Å²) in [6, 6.07) is 15.6. The molecule has 1 N–H and O–H groups in total. The molecular weight excluding hydrogens is 272 g/mol. The van der Waals surface area contributed by atoms with Gasteiger partial charge in [-0.3, -0.25) is 0 Å². The molecule has 3 heteroatoms. The Kier molecular flexibility index (Phi) is 4.69. The lowest BCUT2D eigenvalue weighted by molar-refractivity contribution is 0.205. The monoisotopic (exact) mass is 290 g/mol. The average molecular weight is 291 g/mol. The number of hydrogen-bond donors (Lipinski definition) is 1. The summed E-state index contributed by atoms with van der Waals surface area (Å²) in [6.45, 7) is 2.07. The average Bonchev–Trinajstić information content (AvgIpc) is 2.48. The summed E-state index contributed by atoms with van der Waals surface area (Å²) in [5.41, 5.74) is 1.72. The standard InChI is InChI=1S/C17H19ClO2/c1-17(12-19,15-5-3-4-6-16(15)18)11-13-7-9-14(20-2)10-8-13/h3-10,19H,11-12H2,1-2H3. The van der Waals surface area contributed by atoms with Gasteiger partial charge in [0.15, 0.2) is 0 Å². The van der Waals surface area contributed by atoms with Gasteiger partial charge < -0.3 is 9.84 Å². The second-order valence-corrected chi connectivity index (χ2v) is 5.63. The minimum Gasteiger partial charge on any atom is -0.497 e. The Labute approximate surface area is 125 Å². The van der Waals surface area contributed by atoms with Crippen molar-refractivity contribution in [3.63, 3.8) is 0 Å². The van der Waals surface area contributed by atoms with E-state index in [2.05, 4.69) is 0 Å². The van der Waals surface area contributed by atoms with Gasteiger partial charge in [-0.1, -0.05) is 48.9 Å². The Morgan fingerprint density at radius 3 is 2.30 bits per heavy atom. The largest absolute Gasteiger partial charge is 0.497 e. The molecule has 0 aliphatic heterocycles. The lowest BCUT2D eigenvalue weighted by Gasteiger charge is -2.29. The summed E-state index contributed by atoms with van der Waals surface area (Å²) in [5.74, 6) is 0.831. The highest BCUT2D eigenvalue weighted by atomic mass is 35.5. The second-order valence-electron chi connectivity index (χ2n) is 5.22. The van der Waals surface area contributed by atoms with Crippen LogP contribution in [0.4, 0.5) is 0 Å². The molecule has 0 heterocycles. The van der Waals surface area contributed by atoms with Crippen molar-refractivity contribution in [2.24, 2.45) is 0 Å². The summed E-state index contributed by atoms with van der Waals surface area (Å²) in [7, 11) is 1.65. The predicted molar refractivity (Wildman–Crippen MR) is 82.6 cm³/mol. The second kappa shape index (κ2) is 6.29. The summed E-state index contributed by atoms with van der Waals surface area (Å²) >= 11 is 6.27. The van der Waals surface area contributed by atoms with Gasteiger partial charge in [-0.25, -0.2) is 0 Å². The van der Waals surface area contributed by atoms with Crippen LogP contribution in [-0.4, -0.2) is 18.8 Å². The van der Waals surface area contributed by atoms with Crippen LogP contribution in [0.3, 0.4) is 0 Å². The van der Waals surface area contributed by atoms with E-state index in [1.165, 1.54) is 0 Å². The molecule has 2 aromatic rings. The van der Waals surface area contributed by atoms with Crippen molar-refractivity contribution < 1.29 is 9.84 Å². The van der Waals surface area contributed by atoms with Gasteiger partial charge in [0.1, 0.15) is 5.75 Å². The smallest absolute Gasteiger partial charge is 0.118 e. The van der Waals surface area contributed by atoms with Gasteiger partial charge in [-0.05, 0) is 35.7 Å². The molecule has 0 fully saturated rings. The van der Waals surface area contributed by atoms with E-state index in [1.54, 1.807) is 7.11 Å². The molecule has 20 heavy (non-hydrogen) atoms. The highest BCUT2D eigenvalue weighted by Gasteiger charge is 2.28. The van der Waals surface area contributed by atoms with E-state index in [4.69, 9.17) is 16.3 Å². The van der Waals surface area contributed by atoms with Gasteiger partial charge in [0, 0.05) is 10.4 Å². The Morgan fingerprint density at radius 1 is 1.10 bits per heavy atom. The number of halogens is 1.